The van der Waals surface area contributed by atoms with Crippen LogP contribution in [-0.4, -0.2) is 25.8 Å². The fourth-order valence-electron chi connectivity index (χ4n) is 5.16. The van der Waals surface area contributed by atoms with Gasteiger partial charge in [-0.1, -0.05) is 37.1 Å². The first-order valence-electron chi connectivity index (χ1n) is 10.9. The standard InChI is InChI=1S/C24H27FN2O2S/c25-18-10-8-17(9-11-18)24-21-7-5-6-20(21)22-16-19(12-13-23(22)26-24)30(28,29)27-14-3-1-2-4-15-27/h5-6,8-13,16,20-21,24,26H,1-4,7,14-15H2. The molecule has 0 bridgehead atoms. The molecule has 2 aromatic carbocycles. The molecule has 0 spiro atoms. The summed E-state index contributed by atoms with van der Waals surface area (Å²) in [5.41, 5.74) is 3.07. The Hall–Kier alpha value is -2.18. The minimum Gasteiger partial charge on any atom is -0.378 e. The molecule has 1 N–H and O–H groups in total. The first kappa shape index (κ1) is 19.8. The van der Waals surface area contributed by atoms with Gasteiger partial charge in [0.25, 0.3) is 0 Å². The first-order chi connectivity index (χ1) is 14.5. The number of nitrogens with one attached hydrogen (secondary N) is 1. The molecule has 4 nitrogen and oxygen atoms in total. The van der Waals surface area contributed by atoms with E-state index in [9.17, 15) is 12.8 Å². The highest BCUT2D eigenvalue weighted by Crippen LogP contribution is 2.50. The van der Waals surface area contributed by atoms with Gasteiger partial charge in [-0.2, -0.15) is 4.31 Å². The molecule has 2 aromatic rings. The number of sulfonamides is 1. The summed E-state index contributed by atoms with van der Waals surface area (Å²) < 4.78 is 41.6. The van der Waals surface area contributed by atoms with Crippen LogP contribution < -0.4 is 5.32 Å². The van der Waals surface area contributed by atoms with Crippen LogP contribution in [0.25, 0.3) is 0 Å². The Balaban J connectivity index is 1.49. The third-order valence-electron chi connectivity index (χ3n) is 6.77. The predicted molar refractivity (Wildman–Crippen MR) is 116 cm³/mol. The summed E-state index contributed by atoms with van der Waals surface area (Å²) in [6, 6.07) is 12.3. The fourth-order valence-corrected chi connectivity index (χ4v) is 6.72. The Labute approximate surface area is 177 Å². The molecule has 158 valence electrons. The van der Waals surface area contributed by atoms with E-state index in [2.05, 4.69) is 17.5 Å². The zero-order valence-corrected chi connectivity index (χ0v) is 17.7. The van der Waals surface area contributed by atoms with Gasteiger partial charge in [0, 0.05) is 24.7 Å². The zero-order valence-electron chi connectivity index (χ0n) is 16.9. The quantitative estimate of drug-likeness (QED) is 0.685. The van der Waals surface area contributed by atoms with Crippen molar-refractivity contribution >= 4 is 15.7 Å². The van der Waals surface area contributed by atoms with E-state index in [0.717, 1.165) is 48.9 Å². The molecule has 0 radical (unpaired) electrons. The van der Waals surface area contributed by atoms with Crippen molar-refractivity contribution in [2.75, 3.05) is 18.4 Å². The van der Waals surface area contributed by atoms with Crippen molar-refractivity contribution in [1.82, 2.24) is 4.31 Å². The average molecular weight is 427 g/mol. The molecule has 3 aliphatic rings. The SMILES string of the molecule is O=S(=O)(c1ccc2c(c1)C1C=CCC1C(c1ccc(F)cc1)N2)N1CCCCCC1. The second kappa shape index (κ2) is 7.82. The van der Waals surface area contributed by atoms with Crippen molar-refractivity contribution < 1.29 is 12.8 Å². The van der Waals surface area contributed by atoms with Gasteiger partial charge in [-0.05, 0) is 66.6 Å². The number of hydrogen-bond acceptors (Lipinski definition) is 3. The lowest BCUT2D eigenvalue weighted by molar-refractivity contribution is 0.419. The molecule has 1 fully saturated rings. The van der Waals surface area contributed by atoms with Crippen LogP contribution in [-0.2, 0) is 10.0 Å². The molecule has 3 unspecified atom stereocenters. The van der Waals surface area contributed by atoms with Crippen molar-refractivity contribution in [3.05, 3.63) is 71.6 Å². The van der Waals surface area contributed by atoms with Crippen molar-refractivity contribution in [2.24, 2.45) is 5.92 Å². The predicted octanol–water partition coefficient (Wildman–Crippen LogP) is 5.22. The van der Waals surface area contributed by atoms with Gasteiger partial charge in [0.1, 0.15) is 5.82 Å². The van der Waals surface area contributed by atoms with E-state index in [4.69, 9.17) is 0 Å². The van der Waals surface area contributed by atoms with E-state index >= 15 is 0 Å². The van der Waals surface area contributed by atoms with Crippen LogP contribution in [0.15, 0.2) is 59.5 Å². The van der Waals surface area contributed by atoms with Crippen LogP contribution >= 0.6 is 0 Å². The number of halogens is 1. The third kappa shape index (κ3) is 3.46. The number of benzene rings is 2. The lowest BCUT2D eigenvalue weighted by atomic mass is 9.77. The van der Waals surface area contributed by atoms with Gasteiger partial charge in [0.2, 0.25) is 10.0 Å². The number of anilines is 1. The monoisotopic (exact) mass is 426 g/mol. The molecule has 0 amide bonds. The average Bonchev–Trinajstić information content (AvgIpc) is 3.08. The Morgan fingerprint density at radius 2 is 1.70 bits per heavy atom. The molecule has 0 aromatic heterocycles. The van der Waals surface area contributed by atoms with Crippen LogP contribution in [0.3, 0.4) is 0 Å². The second-order valence-corrected chi connectivity index (χ2v) is 10.5. The Kier molecular flexibility index (Phi) is 5.15. The molecular weight excluding hydrogens is 399 g/mol. The van der Waals surface area contributed by atoms with Gasteiger partial charge in [-0.3, -0.25) is 0 Å². The molecular formula is C24H27FN2O2S. The van der Waals surface area contributed by atoms with Gasteiger partial charge in [0.15, 0.2) is 0 Å². The zero-order chi connectivity index (χ0) is 20.7. The summed E-state index contributed by atoms with van der Waals surface area (Å²) >= 11 is 0. The summed E-state index contributed by atoms with van der Waals surface area (Å²) in [5.74, 6) is 0.217. The minimum atomic E-state index is -3.48. The molecule has 3 atom stereocenters. The Morgan fingerprint density at radius 1 is 0.967 bits per heavy atom. The molecule has 2 heterocycles. The number of nitrogens with zero attached hydrogens (tertiary/aromatic N) is 1. The van der Waals surface area contributed by atoms with Crippen molar-refractivity contribution in [3.8, 4) is 0 Å². The summed E-state index contributed by atoms with van der Waals surface area (Å²) in [7, 11) is -3.48. The van der Waals surface area contributed by atoms with E-state index in [0.29, 0.717) is 23.9 Å². The second-order valence-electron chi connectivity index (χ2n) is 8.59. The van der Waals surface area contributed by atoms with E-state index in [1.807, 2.05) is 24.3 Å². The van der Waals surface area contributed by atoms with Gasteiger partial charge in [-0.15, -0.1) is 0 Å². The summed E-state index contributed by atoms with van der Waals surface area (Å²) in [4.78, 5) is 0.393. The number of rotatable bonds is 3. The minimum absolute atomic E-state index is 0.0752. The lowest BCUT2D eigenvalue weighted by Gasteiger charge is -2.38. The van der Waals surface area contributed by atoms with Gasteiger partial charge in [0.05, 0.1) is 10.9 Å². The molecule has 0 saturated carbocycles. The van der Waals surface area contributed by atoms with Crippen molar-refractivity contribution in [2.45, 2.75) is 49.0 Å². The van der Waals surface area contributed by atoms with Gasteiger partial charge < -0.3 is 5.32 Å². The molecule has 2 aliphatic heterocycles. The topological polar surface area (TPSA) is 49.4 Å². The van der Waals surface area contributed by atoms with Crippen LogP contribution in [0.2, 0.25) is 0 Å². The van der Waals surface area contributed by atoms with Crippen LogP contribution in [0.1, 0.15) is 55.2 Å². The van der Waals surface area contributed by atoms with E-state index < -0.39 is 10.0 Å². The largest absolute Gasteiger partial charge is 0.378 e. The third-order valence-corrected chi connectivity index (χ3v) is 8.66. The van der Waals surface area contributed by atoms with E-state index in [1.54, 1.807) is 10.4 Å². The highest BCUT2D eigenvalue weighted by molar-refractivity contribution is 7.89. The highest BCUT2D eigenvalue weighted by Gasteiger charge is 2.38. The van der Waals surface area contributed by atoms with Crippen LogP contribution in [0.4, 0.5) is 10.1 Å². The first-order valence-corrected chi connectivity index (χ1v) is 12.3. The van der Waals surface area contributed by atoms with E-state index in [1.165, 1.54) is 12.1 Å². The summed E-state index contributed by atoms with van der Waals surface area (Å²) in [5, 5.41) is 3.60. The Bertz CT molecular complexity index is 1060. The number of allylic oxidation sites excluding steroid dienone is 2. The number of fused-ring (bicyclic) bond motifs is 3. The molecule has 5 rings (SSSR count). The van der Waals surface area contributed by atoms with E-state index in [-0.39, 0.29) is 17.8 Å². The summed E-state index contributed by atoms with van der Waals surface area (Å²) in [6.07, 6.45) is 9.35. The maximum absolute atomic E-state index is 13.4. The lowest BCUT2D eigenvalue weighted by Crippen LogP contribution is -2.33. The Morgan fingerprint density at radius 3 is 2.43 bits per heavy atom. The molecule has 1 saturated heterocycles. The van der Waals surface area contributed by atoms with Gasteiger partial charge in [-0.25, -0.2) is 12.8 Å². The van der Waals surface area contributed by atoms with Crippen molar-refractivity contribution in [3.63, 3.8) is 0 Å². The van der Waals surface area contributed by atoms with Gasteiger partial charge >= 0.3 is 0 Å². The van der Waals surface area contributed by atoms with Crippen LogP contribution in [0, 0.1) is 11.7 Å². The van der Waals surface area contributed by atoms with Crippen LogP contribution in [0.5, 0.6) is 0 Å². The normalized spacial score (nSPS) is 26.5. The number of hydrogen-bond donors (Lipinski definition) is 1. The smallest absolute Gasteiger partial charge is 0.243 e. The maximum Gasteiger partial charge on any atom is 0.243 e. The highest BCUT2D eigenvalue weighted by atomic mass is 32.2. The molecule has 30 heavy (non-hydrogen) atoms. The maximum atomic E-state index is 13.4. The fraction of sp³-hybridized carbons (Fsp3) is 0.417. The van der Waals surface area contributed by atoms with Crippen molar-refractivity contribution in [1.29, 1.82) is 0 Å². The molecule has 1 aliphatic carbocycles. The molecule has 6 heteroatoms. The summed E-state index contributed by atoms with van der Waals surface area (Å²) in [6.45, 7) is 1.21.